The van der Waals surface area contributed by atoms with Gasteiger partial charge in [0, 0.05) is 0 Å². The van der Waals surface area contributed by atoms with Gasteiger partial charge in [0.25, 0.3) is 0 Å². The number of fused-ring (bicyclic) bond motifs is 5. The number of hydrogen-bond acceptors (Lipinski definition) is 1. The van der Waals surface area contributed by atoms with Crippen LogP contribution in [-0.4, -0.2) is 12.0 Å². The zero-order chi connectivity index (χ0) is 12.4. The highest BCUT2D eigenvalue weighted by Gasteiger charge is 2.56. The van der Waals surface area contributed by atoms with E-state index >= 15 is 0 Å². The summed E-state index contributed by atoms with van der Waals surface area (Å²) in [6.45, 7) is 6.43. The van der Waals surface area contributed by atoms with Crippen LogP contribution in [0.2, 0.25) is 0 Å². The molecule has 6 unspecified atom stereocenters. The molecule has 0 aromatic rings. The maximum atomic E-state index is 2.43. The van der Waals surface area contributed by atoms with Crippen molar-refractivity contribution in [3.05, 3.63) is 0 Å². The monoisotopic (exact) mass is 254 g/mol. The average Bonchev–Trinajstić information content (AvgIpc) is 3.04. The SMILES string of the molecule is CC.CCC1CC(CSC)C2C3CCC(C3)C12. The Labute approximate surface area is 112 Å². The van der Waals surface area contributed by atoms with Gasteiger partial charge in [-0.05, 0) is 73.2 Å². The summed E-state index contributed by atoms with van der Waals surface area (Å²) in [5.74, 6) is 8.24. The van der Waals surface area contributed by atoms with Crippen LogP contribution in [0.15, 0.2) is 0 Å². The van der Waals surface area contributed by atoms with Crippen LogP contribution < -0.4 is 0 Å². The maximum absolute atomic E-state index is 2.43. The van der Waals surface area contributed by atoms with Crippen LogP contribution in [0.4, 0.5) is 0 Å². The predicted octanol–water partition coefficient (Wildman–Crippen LogP) is 5.08. The Balaban J connectivity index is 0.000000514. The molecule has 0 heterocycles. The molecule has 0 nitrogen and oxygen atoms in total. The lowest BCUT2D eigenvalue weighted by molar-refractivity contribution is 0.192. The van der Waals surface area contributed by atoms with Crippen molar-refractivity contribution >= 4 is 11.8 Å². The molecule has 1 heteroatoms. The summed E-state index contributed by atoms with van der Waals surface area (Å²) >= 11 is 2.09. The number of thioether (sulfide) groups is 1. The van der Waals surface area contributed by atoms with Crippen LogP contribution >= 0.6 is 11.8 Å². The first-order chi connectivity index (χ1) is 8.35. The summed E-state index contributed by atoms with van der Waals surface area (Å²) < 4.78 is 0. The normalized spacial score (nSPS) is 46.6. The third-order valence-corrected chi connectivity index (χ3v) is 6.41. The largest absolute Gasteiger partial charge is 0.165 e. The molecule has 100 valence electrons. The van der Waals surface area contributed by atoms with Crippen molar-refractivity contribution in [2.45, 2.75) is 52.9 Å². The fraction of sp³-hybridized carbons (Fsp3) is 1.00. The Morgan fingerprint density at radius 2 is 1.53 bits per heavy atom. The van der Waals surface area contributed by atoms with E-state index in [0.29, 0.717) is 0 Å². The first-order valence-corrected chi connectivity index (χ1v) is 9.23. The minimum atomic E-state index is 1.09. The molecular formula is C16H30S. The van der Waals surface area contributed by atoms with Crippen LogP contribution in [0.1, 0.15) is 52.9 Å². The molecule has 0 aromatic heterocycles. The molecule has 2 bridgehead atoms. The third kappa shape index (κ3) is 2.29. The smallest absolute Gasteiger partial charge is 0.00390 e. The topological polar surface area (TPSA) is 0 Å². The Kier molecular flexibility index (Phi) is 4.86. The van der Waals surface area contributed by atoms with Crippen LogP contribution in [0.3, 0.4) is 0 Å². The molecule has 3 aliphatic rings. The van der Waals surface area contributed by atoms with E-state index in [0.717, 1.165) is 35.5 Å². The van der Waals surface area contributed by atoms with E-state index in [2.05, 4.69) is 24.9 Å². The molecule has 3 saturated carbocycles. The van der Waals surface area contributed by atoms with Crippen molar-refractivity contribution in [3.8, 4) is 0 Å². The predicted molar refractivity (Wildman–Crippen MR) is 79.4 cm³/mol. The summed E-state index contributed by atoms with van der Waals surface area (Å²) in [7, 11) is 0. The zero-order valence-corrected chi connectivity index (χ0v) is 12.9. The standard InChI is InChI=1S/C14H24S.C2H6/c1-3-9-6-12(8-15-2)14-11-5-4-10(7-11)13(9)14;1-2/h9-14H,3-8H2,1-2H3;1-2H3. The second-order valence-electron chi connectivity index (χ2n) is 6.11. The van der Waals surface area contributed by atoms with E-state index in [4.69, 9.17) is 0 Å². The Morgan fingerprint density at radius 3 is 2.06 bits per heavy atom. The average molecular weight is 254 g/mol. The third-order valence-electron chi connectivity index (χ3n) is 5.65. The van der Waals surface area contributed by atoms with E-state index in [1.165, 1.54) is 12.2 Å². The lowest BCUT2D eigenvalue weighted by Crippen LogP contribution is -2.25. The van der Waals surface area contributed by atoms with Crippen LogP contribution in [0.25, 0.3) is 0 Å². The van der Waals surface area contributed by atoms with Gasteiger partial charge in [-0.3, -0.25) is 0 Å². The lowest BCUT2D eigenvalue weighted by Gasteiger charge is -2.30. The molecule has 0 amide bonds. The zero-order valence-electron chi connectivity index (χ0n) is 12.1. The van der Waals surface area contributed by atoms with Crippen molar-refractivity contribution < 1.29 is 0 Å². The molecule has 3 aliphatic carbocycles. The maximum Gasteiger partial charge on any atom is -0.00390 e. The minimum Gasteiger partial charge on any atom is -0.165 e. The molecule has 17 heavy (non-hydrogen) atoms. The second-order valence-corrected chi connectivity index (χ2v) is 7.02. The fourth-order valence-electron chi connectivity index (χ4n) is 5.31. The molecule has 6 atom stereocenters. The van der Waals surface area contributed by atoms with Crippen LogP contribution in [0.5, 0.6) is 0 Å². The Hall–Kier alpha value is 0.350. The number of rotatable bonds is 3. The molecule has 0 saturated heterocycles. The van der Waals surface area contributed by atoms with Crippen LogP contribution in [0, 0.1) is 35.5 Å². The van der Waals surface area contributed by atoms with Gasteiger partial charge < -0.3 is 0 Å². The summed E-state index contributed by atoms with van der Waals surface area (Å²) in [6.07, 6.45) is 10.1. The second kappa shape index (κ2) is 5.99. The van der Waals surface area contributed by atoms with Gasteiger partial charge in [-0.2, -0.15) is 11.8 Å². The number of hydrogen-bond donors (Lipinski definition) is 0. The van der Waals surface area contributed by atoms with E-state index < -0.39 is 0 Å². The highest BCUT2D eigenvalue weighted by atomic mass is 32.2. The van der Waals surface area contributed by atoms with E-state index in [9.17, 15) is 0 Å². The van der Waals surface area contributed by atoms with Gasteiger partial charge in [0.15, 0.2) is 0 Å². The first kappa shape index (κ1) is 13.8. The molecule has 3 rings (SSSR count). The van der Waals surface area contributed by atoms with Crippen molar-refractivity contribution in [3.63, 3.8) is 0 Å². The molecule has 3 fully saturated rings. The molecular weight excluding hydrogens is 224 g/mol. The van der Waals surface area contributed by atoms with Crippen molar-refractivity contribution in [1.82, 2.24) is 0 Å². The Bertz CT molecular complexity index is 238. The summed E-state index contributed by atoms with van der Waals surface area (Å²) in [5.41, 5.74) is 0. The van der Waals surface area contributed by atoms with Gasteiger partial charge >= 0.3 is 0 Å². The van der Waals surface area contributed by atoms with E-state index in [1.54, 1.807) is 25.7 Å². The van der Waals surface area contributed by atoms with Gasteiger partial charge in [-0.15, -0.1) is 0 Å². The quantitative estimate of drug-likeness (QED) is 0.676. The summed E-state index contributed by atoms with van der Waals surface area (Å²) in [6, 6.07) is 0. The molecule has 0 spiro atoms. The molecule has 0 N–H and O–H groups in total. The highest BCUT2D eigenvalue weighted by molar-refractivity contribution is 7.98. The Morgan fingerprint density at radius 1 is 0.941 bits per heavy atom. The summed E-state index contributed by atoms with van der Waals surface area (Å²) in [4.78, 5) is 0. The van der Waals surface area contributed by atoms with Crippen molar-refractivity contribution in [1.29, 1.82) is 0 Å². The van der Waals surface area contributed by atoms with Crippen molar-refractivity contribution in [2.24, 2.45) is 35.5 Å². The summed E-state index contributed by atoms with van der Waals surface area (Å²) in [5, 5.41) is 0. The highest BCUT2D eigenvalue weighted by Crippen LogP contribution is 2.63. The van der Waals surface area contributed by atoms with Crippen LogP contribution in [-0.2, 0) is 0 Å². The molecule has 0 aliphatic heterocycles. The first-order valence-electron chi connectivity index (χ1n) is 7.84. The van der Waals surface area contributed by atoms with Gasteiger partial charge in [-0.25, -0.2) is 0 Å². The minimum absolute atomic E-state index is 1.09. The fourth-order valence-corrected chi connectivity index (χ4v) is 6.10. The molecule has 0 radical (unpaired) electrons. The van der Waals surface area contributed by atoms with Gasteiger partial charge in [0.1, 0.15) is 0 Å². The van der Waals surface area contributed by atoms with E-state index in [-0.39, 0.29) is 0 Å². The lowest BCUT2D eigenvalue weighted by atomic mass is 9.76. The van der Waals surface area contributed by atoms with Gasteiger partial charge in [0.05, 0.1) is 0 Å². The van der Waals surface area contributed by atoms with Gasteiger partial charge in [0.2, 0.25) is 0 Å². The molecule has 0 aromatic carbocycles. The van der Waals surface area contributed by atoms with E-state index in [1.807, 2.05) is 13.8 Å². The van der Waals surface area contributed by atoms with Crippen molar-refractivity contribution in [2.75, 3.05) is 12.0 Å². The van der Waals surface area contributed by atoms with Gasteiger partial charge in [-0.1, -0.05) is 27.2 Å².